The van der Waals surface area contributed by atoms with Crippen molar-refractivity contribution < 1.29 is 13.2 Å². The van der Waals surface area contributed by atoms with Crippen LogP contribution in [0.3, 0.4) is 0 Å². The van der Waals surface area contributed by atoms with Crippen molar-refractivity contribution in [3.05, 3.63) is 0 Å². The monoisotopic (exact) mass is 321 g/mol. The van der Waals surface area contributed by atoms with Crippen LogP contribution in [-0.4, -0.2) is 67.5 Å². The highest BCUT2D eigenvalue weighted by molar-refractivity contribution is 8.00. The van der Waals surface area contributed by atoms with Crippen molar-refractivity contribution in [2.24, 2.45) is 5.73 Å². The molecule has 2 aliphatic rings. The molecule has 0 radical (unpaired) electrons. The predicted octanol–water partition coefficient (Wildman–Crippen LogP) is -0.598. The summed E-state index contributed by atoms with van der Waals surface area (Å²) in [4.78, 5) is 13.8. The van der Waals surface area contributed by atoms with E-state index in [-0.39, 0.29) is 18.4 Å². The smallest absolute Gasteiger partial charge is 0.221 e. The molecule has 8 heteroatoms. The van der Waals surface area contributed by atoms with E-state index in [1.807, 2.05) is 4.90 Å². The zero-order valence-corrected chi connectivity index (χ0v) is 13.4. The van der Waals surface area contributed by atoms with Crippen molar-refractivity contribution in [1.82, 2.24) is 10.2 Å². The normalized spacial score (nSPS) is 26.2. The number of hydrogen-bond acceptors (Lipinski definition) is 6. The number of amides is 1. The van der Waals surface area contributed by atoms with E-state index in [1.165, 1.54) is 6.26 Å². The van der Waals surface area contributed by atoms with E-state index < -0.39 is 15.2 Å². The Morgan fingerprint density at radius 1 is 1.50 bits per heavy atom. The third-order valence-corrected chi connectivity index (χ3v) is 6.38. The zero-order valence-electron chi connectivity index (χ0n) is 11.7. The van der Waals surface area contributed by atoms with Crippen molar-refractivity contribution in [2.45, 2.75) is 36.7 Å². The van der Waals surface area contributed by atoms with Crippen LogP contribution in [0.25, 0.3) is 0 Å². The molecule has 1 amide bonds. The van der Waals surface area contributed by atoms with Gasteiger partial charge in [0.05, 0.1) is 0 Å². The summed E-state index contributed by atoms with van der Waals surface area (Å²) in [7, 11) is -3.16. The van der Waals surface area contributed by atoms with Gasteiger partial charge in [0.15, 0.2) is 9.84 Å². The molecule has 20 heavy (non-hydrogen) atoms. The quantitative estimate of drug-likeness (QED) is 0.679. The maximum Gasteiger partial charge on any atom is 0.221 e. The van der Waals surface area contributed by atoms with E-state index in [9.17, 15) is 13.2 Å². The Morgan fingerprint density at radius 3 is 2.75 bits per heavy atom. The minimum absolute atomic E-state index is 0.0200. The summed E-state index contributed by atoms with van der Waals surface area (Å²) in [6, 6.07) is 0.123. The standard InChI is InChI=1S/C12H23N3O3S2/c1-20(17,18)12-8-19-5-4-15(12)10(7-13)6-11(16)14-9-2-3-9/h9-10,12H,2-8,13H2,1H3,(H,14,16). The molecular weight excluding hydrogens is 298 g/mol. The fourth-order valence-electron chi connectivity index (χ4n) is 2.45. The summed E-state index contributed by atoms with van der Waals surface area (Å²) in [6.45, 7) is 0.968. The van der Waals surface area contributed by atoms with Crippen molar-refractivity contribution in [1.29, 1.82) is 0 Å². The van der Waals surface area contributed by atoms with Crippen molar-refractivity contribution in [3.8, 4) is 0 Å². The van der Waals surface area contributed by atoms with Gasteiger partial charge in [-0.05, 0) is 12.8 Å². The number of rotatable bonds is 6. The molecule has 0 aromatic heterocycles. The van der Waals surface area contributed by atoms with Crippen LogP contribution in [0.1, 0.15) is 19.3 Å². The molecule has 2 rings (SSSR count). The first kappa shape index (κ1) is 16.1. The van der Waals surface area contributed by atoms with Gasteiger partial charge >= 0.3 is 0 Å². The zero-order chi connectivity index (χ0) is 14.8. The van der Waals surface area contributed by atoms with Gasteiger partial charge < -0.3 is 11.1 Å². The fraction of sp³-hybridized carbons (Fsp3) is 0.917. The molecule has 1 saturated carbocycles. The molecule has 0 spiro atoms. The second kappa shape index (κ2) is 6.64. The molecule has 1 saturated heterocycles. The average molecular weight is 321 g/mol. The average Bonchev–Trinajstić information content (AvgIpc) is 3.19. The number of nitrogens with zero attached hydrogens (tertiary/aromatic N) is 1. The summed E-state index contributed by atoms with van der Waals surface area (Å²) >= 11 is 1.64. The van der Waals surface area contributed by atoms with E-state index in [4.69, 9.17) is 5.73 Å². The Labute approximate surface area is 124 Å². The molecule has 1 aliphatic heterocycles. The van der Waals surface area contributed by atoms with Gasteiger partial charge in [0.1, 0.15) is 5.37 Å². The summed E-state index contributed by atoms with van der Waals surface area (Å²) in [5.74, 6) is 1.42. The number of nitrogens with one attached hydrogen (secondary N) is 1. The Kier molecular flexibility index (Phi) is 5.33. The summed E-state index contributed by atoms with van der Waals surface area (Å²) in [6.07, 6.45) is 3.63. The number of carbonyl (C=O) groups is 1. The Hall–Kier alpha value is -0.310. The van der Waals surface area contributed by atoms with Crippen molar-refractivity contribution in [2.75, 3.05) is 30.9 Å². The van der Waals surface area contributed by atoms with Crippen LogP contribution in [0, 0.1) is 0 Å². The molecule has 1 heterocycles. The Morgan fingerprint density at radius 2 is 2.20 bits per heavy atom. The second-order valence-corrected chi connectivity index (χ2v) is 8.89. The molecular formula is C12H23N3O3S2. The molecule has 6 nitrogen and oxygen atoms in total. The van der Waals surface area contributed by atoms with Gasteiger partial charge in [0.2, 0.25) is 5.91 Å². The van der Waals surface area contributed by atoms with E-state index in [0.717, 1.165) is 18.6 Å². The Balaban J connectivity index is 2.01. The number of sulfone groups is 1. The summed E-state index contributed by atoms with van der Waals surface area (Å²) < 4.78 is 23.8. The highest BCUT2D eigenvalue weighted by Gasteiger charge is 2.36. The second-order valence-electron chi connectivity index (χ2n) is 5.53. The van der Waals surface area contributed by atoms with Gasteiger partial charge in [-0.3, -0.25) is 9.69 Å². The highest BCUT2D eigenvalue weighted by atomic mass is 32.2. The summed E-state index contributed by atoms with van der Waals surface area (Å²) in [5, 5.41) is 2.41. The molecule has 2 atom stereocenters. The van der Waals surface area contributed by atoms with E-state index >= 15 is 0 Å². The minimum atomic E-state index is -3.16. The number of thioether (sulfide) groups is 1. The van der Waals surface area contributed by atoms with Crippen LogP contribution in [0.15, 0.2) is 0 Å². The molecule has 0 aromatic carbocycles. The molecule has 2 unspecified atom stereocenters. The Bertz CT molecular complexity index is 451. The van der Waals surface area contributed by atoms with Crippen LogP contribution in [0.2, 0.25) is 0 Å². The topological polar surface area (TPSA) is 92.5 Å². The predicted molar refractivity (Wildman–Crippen MR) is 81.3 cm³/mol. The largest absolute Gasteiger partial charge is 0.353 e. The van der Waals surface area contributed by atoms with E-state index in [1.54, 1.807) is 11.8 Å². The lowest BCUT2D eigenvalue weighted by atomic mass is 10.1. The molecule has 0 aromatic rings. The van der Waals surface area contributed by atoms with Crippen LogP contribution < -0.4 is 11.1 Å². The van der Waals surface area contributed by atoms with Gasteiger partial charge in [-0.25, -0.2) is 8.42 Å². The lowest BCUT2D eigenvalue weighted by molar-refractivity contribution is -0.122. The van der Waals surface area contributed by atoms with Gasteiger partial charge in [-0.1, -0.05) is 0 Å². The molecule has 116 valence electrons. The summed E-state index contributed by atoms with van der Waals surface area (Å²) in [5.41, 5.74) is 5.78. The lowest BCUT2D eigenvalue weighted by Crippen LogP contribution is -2.55. The van der Waals surface area contributed by atoms with Gasteiger partial charge in [-0.15, -0.1) is 0 Å². The first-order valence-electron chi connectivity index (χ1n) is 6.93. The third kappa shape index (κ3) is 4.34. The third-order valence-electron chi connectivity index (χ3n) is 3.72. The van der Waals surface area contributed by atoms with Crippen LogP contribution in [0.4, 0.5) is 0 Å². The van der Waals surface area contributed by atoms with Gasteiger partial charge in [-0.2, -0.15) is 11.8 Å². The maximum atomic E-state index is 11.9. The van der Waals surface area contributed by atoms with E-state index in [2.05, 4.69) is 5.32 Å². The first-order chi connectivity index (χ1) is 9.41. The fourth-order valence-corrected chi connectivity index (χ4v) is 5.39. The lowest BCUT2D eigenvalue weighted by Gasteiger charge is -2.39. The number of carbonyl (C=O) groups excluding carboxylic acids is 1. The highest BCUT2D eigenvalue weighted by Crippen LogP contribution is 2.24. The maximum absolute atomic E-state index is 11.9. The SMILES string of the molecule is CS(=O)(=O)C1CSCCN1C(CN)CC(=O)NC1CC1. The molecule has 3 N–H and O–H groups in total. The number of hydrogen-bond donors (Lipinski definition) is 2. The van der Waals surface area contributed by atoms with E-state index in [0.29, 0.717) is 24.9 Å². The van der Waals surface area contributed by atoms with Crippen LogP contribution in [-0.2, 0) is 14.6 Å². The van der Waals surface area contributed by atoms with Crippen molar-refractivity contribution in [3.63, 3.8) is 0 Å². The van der Waals surface area contributed by atoms with Gasteiger partial charge in [0, 0.05) is 49.4 Å². The van der Waals surface area contributed by atoms with Gasteiger partial charge in [0.25, 0.3) is 0 Å². The van der Waals surface area contributed by atoms with Crippen LogP contribution >= 0.6 is 11.8 Å². The number of nitrogens with two attached hydrogens (primary N) is 1. The molecule has 1 aliphatic carbocycles. The molecule has 2 fully saturated rings. The first-order valence-corrected chi connectivity index (χ1v) is 10.0. The molecule has 0 bridgehead atoms. The van der Waals surface area contributed by atoms with Crippen molar-refractivity contribution >= 4 is 27.5 Å². The minimum Gasteiger partial charge on any atom is -0.353 e. The van der Waals surface area contributed by atoms with Crippen LogP contribution in [0.5, 0.6) is 0 Å².